The van der Waals surface area contributed by atoms with Crippen molar-refractivity contribution in [1.82, 2.24) is 4.98 Å². The van der Waals surface area contributed by atoms with Crippen LogP contribution in [0.4, 0.5) is 0 Å². The quantitative estimate of drug-likeness (QED) is 0.777. The molecule has 2 N–H and O–H groups in total. The molecule has 0 aliphatic carbocycles. The Morgan fingerprint density at radius 1 is 1.33 bits per heavy atom. The van der Waals surface area contributed by atoms with Gasteiger partial charge < -0.3 is 15.2 Å². The monoisotopic (exact) mass is 266 g/mol. The van der Waals surface area contributed by atoms with Gasteiger partial charge in [-0.05, 0) is 12.1 Å². The number of hydrogen-bond acceptors (Lipinski definition) is 5. The zero-order valence-corrected chi connectivity index (χ0v) is 11.3. The van der Waals surface area contributed by atoms with Gasteiger partial charge in [-0.2, -0.15) is 0 Å². The van der Waals surface area contributed by atoms with E-state index in [-0.39, 0.29) is 6.04 Å². The van der Waals surface area contributed by atoms with Crippen molar-refractivity contribution in [1.29, 1.82) is 0 Å². The molecule has 4 nitrogen and oxygen atoms in total. The average Bonchev–Trinajstić information content (AvgIpc) is 2.76. The van der Waals surface area contributed by atoms with Crippen molar-refractivity contribution in [2.45, 2.75) is 12.5 Å². The molecule has 98 valence electrons. The zero-order valence-electron chi connectivity index (χ0n) is 10.5. The van der Waals surface area contributed by atoms with E-state index in [1.165, 1.54) is 4.70 Å². The number of hydrogen-bond donors (Lipinski definition) is 1. The molecule has 2 aromatic rings. The minimum absolute atomic E-state index is 0.0116. The maximum atomic E-state index is 6.01. The summed E-state index contributed by atoms with van der Waals surface area (Å²) < 4.78 is 11.5. The highest BCUT2D eigenvalue weighted by Gasteiger charge is 2.09. The van der Waals surface area contributed by atoms with E-state index in [1.54, 1.807) is 18.4 Å². The van der Waals surface area contributed by atoms with Gasteiger partial charge in [-0.3, -0.25) is 0 Å². The van der Waals surface area contributed by atoms with Crippen LogP contribution in [0, 0.1) is 0 Å². The summed E-state index contributed by atoms with van der Waals surface area (Å²) in [4.78, 5) is 4.56. The lowest BCUT2D eigenvalue weighted by Gasteiger charge is -2.10. The molecule has 0 fully saturated rings. The van der Waals surface area contributed by atoms with E-state index in [1.807, 2.05) is 18.2 Å². The Labute approximate surface area is 111 Å². The summed E-state index contributed by atoms with van der Waals surface area (Å²) in [5, 5.41) is 1.07. The van der Waals surface area contributed by atoms with Crippen molar-refractivity contribution in [3.63, 3.8) is 0 Å². The summed E-state index contributed by atoms with van der Waals surface area (Å²) in [5.74, 6) is 0. The molecule has 0 radical (unpaired) electrons. The molecule has 2 rings (SSSR count). The third-order valence-corrected chi connectivity index (χ3v) is 3.60. The average molecular weight is 266 g/mol. The Hall–Kier alpha value is -1.01. The van der Waals surface area contributed by atoms with Crippen LogP contribution in [-0.4, -0.2) is 38.0 Å². The van der Waals surface area contributed by atoms with E-state index < -0.39 is 0 Å². The van der Waals surface area contributed by atoms with Gasteiger partial charge in [-0.15, -0.1) is 11.3 Å². The van der Waals surface area contributed by atoms with Gasteiger partial charge in [0.1, 0.15) is 0 Å². The van der Waals surface area contributed by atoms with Crippen LogP contribution in [0.15, 0.2) is 24.3 Å². The van der Waals surface area contributed by atoms with E-state index in [2.05, 4.69) is 11.1 Å². The molecule has 1 unspecified atom stereocenters. The number of para-hydroxylation sites is 1. The fourth-order valence-electron chi connectivity index (χ4n) is 1.67. The van der Waals surface area contributed by atoms with Crippen molar-refractivity contribution in [2.24, 2.45) is 5.73 Å². The lowest BCUT2D eigenvalue weighted by molar-refractivity contribution is 0.0637. The van der Waals surface area contributed by atoms with E-state index in [0.29, 0.717) is 19.8 Å². The van der Waals surface area contributed by atoms with Crippen molar-refractivity contribution in [3.8, 4) is 0 Å². The fourth-order valence-corrected chi connectivity index (χ4v) is 2.73. The molecular formula is C13H18N2O2S. The molecule has 1 atom stereocenters. The second kappa shape index (κ2) is 6.80. The second-order valence-electron chi connectivity index (χ2n) is 4.11. The van der Waals surface area contributed by atoms with Crippen LogP contribution in [-0.2, 0) is 15.9 Å². The van der Waals surface area contributed by atoms with Crippen LogP contribution in [0.1, 0.15) is 5.01 Å². The van der Waals surface area contributed by atoms with Crippen LogP contribution in [0.25, 0.3) is 10.2 Å². The van der Waals surface area contributed by atoms with Crippen LogP contribution in [0.3, 0.4) is 0 Å². The number of ether oxygens (including phenoxy) is 2. The molecule has 0 spiro atoms. The number of methoxy groups -OCH3 is 1. The summed E-state index contributed by atoms with van der Waals surface area (Å²) in [6, 6.07) is 8.12. The Kier molecular flexibility index (Phi) is 5.07. The van der Waals surface area contributed by atoms with Crippen molar-refractivity contribution in [2.75, 3.05) is 26.9 Å². The van der Waals surface area contributed by atoms with Crippen molar-refractivity contribution < 1.29 is 9.47 Å². The molecule has 18 heavy (non-hydrogen) atoms. The first kappa shape index (κ1) is 13.4. The van der Waals surface area contributed by atoms with Crippen LogP contribution in [0.5, 0.6) is 0 Å². The summed E-state index contributed by atoms with van der Waals surface area (Å²) in [6.07, 6.45) is 0.756. The summed E-state index contributed by atoms with van der Waals surface area (Å²) in [5.41, 5.74) is 7.06. The van der Waals surface area contributed by atoms with E-state index in [4.69, 9.17) is 15.2 Å². The second-order valence-corrected chi connectivity index (χ2v) is 5.22. The number of fused-ring (bicyclic) bond motifs is 1. The van der Waals surface area contributed by atoms with Gasteiger partial charge in [0.2, 0.25) is 0 Å². The third kappa shape index (κ3) is 3.74. The van der Waals surface area contributed by atoms with E-state index in [0.717, 1.165) is 16.9 Å². The highest BCUT2D eigenvalue weighted by atomic mass is 32.1. The van der Waals surface area contributed by atoms with Crippen molar-refractivity contribution >= 4 is 21.6 Å². The fraction of sp³-hybridized carbons (Fsp3) is 0.462. The molecular weight excluding hydrogens is 248 g/mol. The Bertz CT molecular complexity index is 454. The summed E-state index contributed by atoms with van der Waals surface area (Å²) in [7, 11) is 1.66. The lowest BCUT2D eigenvalue weighted by atomic mass is 10.2. The molecule has 0 aliphatic rings. The van der Waals surface area contributed by atoms with Gasteiger partial charge in [0.25, 0.3) is 0 Å². The predicted molar refractivity (Wildman–Crippen MR) is 74.0 cm³/mol. The van der Waals surface area contributed by atoms with Gasteiger partial charge in [-0.25, -0.2) is 4.98 Å². The van der Waals surface area contributed by atoms with Gasteiger partial charge in [0.05, 0.1) is 35.0 Å². The minimum Gasteiger partial charge on any atom is -0.382 e. The molecule has 0 aliphatic heterocycles. The van der Waals surface area contributed by atoms with Crippen LogP contribution in [0.2, 0.25) is 0 Å². The van der Waals surface area contributed by atoms with E-state index in [9.17, 15) is 0 Å². The van der Waals surface area contributed by atoms with Crippen molar-refractivity contribution in [3.05, 3.63) is 29.3 Å². The molecule has 0 saturated heterocycles. The number of thiazole rings is 1. The van der Waals surface area contributed by atoms with Gasteiger partial charge in [0, 0.05) is 19.6 Å². The molecule has 1 aromatic heterocycles. The maximum absolute atomic E-state index is 6.01. The third-order valence-electron chi connectivity index (χ3n) is 2.54. The number of benzene rings is 1. The highest BCUT2D eigenvalue weighted by Crippen LogP contribution is 2.22. The molecule has 0 bridgehead atoms. The Balaban J connectivity index is 1.84. The Morgan fingerprint density at radius 2 is 2.17 bits per heavy atom. The first-order chi connectivity index (χ1) is 8.79. The standard InChI is InChI=1S/C13H18N2O2S/c1-16-6-7-17-9-10(14)8-13-15-11-4-2-3-5-12(11)18-13/h2-5,10H,6-9,14H2,1H3. The normalized spacial score (nSPS) is 13.0. The number of nitrogens with two attached hydrogens (primary N) is 1. The summed E-state index contributed by atoms with van der Waals surface area (Å²) in [6.45, 7) is 1.73. The predicted octanol–water partition coefficient (Wildman–Crippen LogP) is 1.83. The Morgan fingerprint density at radius 3 is 2.94 bits per heavy atom. The molecule has 1 heterocycles. The smallest absolute Gasteiger partial charge is 0.0954 e. The lowest BCUT2D eigenvalue weighted by Crippen LogP contribution is -2.29. The van der Waals surface area contributed by atoms with Gasteiger partial charge in [-0.1, -0.05) is 12.1 Å². The molecule has 5 heteroatoms. The minimum atomic E-state index is -0.0116. The molecule has 0 amide bonds. The SMILES string of the molecule is COCCOCC(N)Cc1nc2ccccc2s1. The number of nitrogens with zero attached hydrogens (tertiary/aromatic N) is 1. The highest BCUT2D eigenvalue weighted by molar-refractivity contribution is 7.18. The van der Waals surface area contributed by atoms with Gasteiger partial charge in [0.15, 0.2) is 0 Å². The first-order valence-corrected chi connectivity index (χ1v) is 6.78. The van der Waals surface area contributed by atoms with E-state index >= 15 is 0 Å². The van der Waals surface area contributed by atoms with Gasteiger partial charge >= 0.3 is 0 Å². The molecule has 1 aromatic carbocycles. The largest absolute Gasteiger partial charge is 0.382 e. The topological polar surface area (TPSA) is 57.4 Å². The van der Waals surface area contributed by atoms with Crippen LogP contribution < -0.4 is 5.73 Å². The summed E-state index contributed by atoms with van der Waals surface area (Å²) >= 11 is 1.70. The van der Waals surface area contributed by atoms with Crippen LogP contribution >= 0.6 is 11.3 Å². The number of aromatic nitrogens is 1. The zero-order chi connectivity index (χ0) is 12.8. The molecule has 0 saturated carbocycles. The first-order valence-electron chi connectivity index (χ1n) is 5.96. The maximum Gasteiger partial charge on any atom is 0.0954 e. The number of rotatable bonds is 7.